The zero-order chi connectivity index (χ0) is 13.7. The van der Waals surface area contributed by atoms with Gasteiger partial charge in [-0.05, 0) is 31.4 Å². The van der Waals surface area contributed by atoms with Gasteiger partial charge in [0, 0.05) is 25.2 Å². The molecule has 1 aromatic rings. The summed E-state index contributed by atoms with van der Waals surface area (Å²) in [6.45, 7) is 0. The standard InChI is InChI=1S/C16H16N2O/c1-18(2)16-9-4-3-6-14(16)11-10-13-7-5-8-15(13)17-12-19/h3-4,6,9H,5,7-8H2,1-2H3. The molecule has 0 aliphatic heterocycles. The predicted molar refractivity (Wildman–Crippen MR) is 76.6 cm³/mol. The van der Waals surface area contributed by atoms with Gasteiger partial charge in [0.2, 0.25) is 6.08 Å². The highest BCUT2D eigenvalue weighted by Gasteiger charge is 2.12. The van der Waals surface area contributed by atoms with Crippen LogP contribution in [0.25, 0.3) is 0 Å². The lowest BCUT2D eigenvalue weighted by molar-refractivity contribution is 0.564. The third-order valence-corrected chi connectivity index (χ3v) is 3.10. The van der Waals surface area contributed by atoms with Crippen LogP contribution >= 0.6 is 0 Å². The van der Waals surface area contributed by atoms with Crippen molar-refractivity contribution < 1.29 is 4.79 Å². The van der Waals surface area contributed by atoms with Crippen LogP contribution in [0.3, 0.4) is 0 Å². The molecule has 0 radical (unpaired) electrons. The SMILES string of the molecule is CN(C)c1ccccc1C#CC1=C(N=C=O)CCC1. The molecule has 0 unspecified atom stereocenters. The Morgan fingerprint density at radius 3 is 2.68 bits per heavy atom. The summed E-state index contributed by atoms with van der Waals surface area (Å²) < 4.78 is 0. The number of allylic oxidation sites excluding steroid dienone is 2. The summed E-state index contributed by atoms with van der Waals surface area (Å²) in [5.74, 6) is 6.34. The monoisotopic (exact) mass is 252 g/mol. The Morgan fingerprint density at radius 2 is 1.95 bits per heavy atom. The molecule has 0 fully saturated rings. The van der Waals surface area contributed by atoms with E-state index in [2.05, 4.69) is 16.8 Å². The van der Waals surface area contributed by atoms with Gasteiger partial charge in [-0.1, -0.05) is 24.0 Å². The topological polar surface area (TPSA) is 32.7 Å². The van der Waals surface area contributed by atoms with Crippen LogP contribution in [0.15, 0.2) is 40.5 Å². The maximum Gasteiger partial charge on any atom is 0.240 e. The van der Waals surface area contributed by atoms with E-state index in [0.717, 1.165) is 41.8 Å². The first kappa shape index (κ1) is 13.1. The molecule has 0 amide bonds. The molecule has 0 bridgehead atoms. The summed E-state index contributed by atoms with van der Waals surface area (Å²) in [5.41, 5.74) is 3.84. The van der Waals surface area contributed by atoms with Gasteiger partial charge >= 0.3 is 0 Å². The molecule has 0 heterocycles. The van der Waals surface area contributed by atoms with Crippen molar-refractivity contribution in [3.63, 3.8) is 0 Å². The fourth-order valence-corrected chi connectivity index (χ4v) is 2.15. The van der Waals surface area contributed by atoms with Gasteiger partial charge in [0.1, 0.15) is 0 Å². The maximum absolute atomic E-state index is 10.3. The van der Waals surface area contributed by atoms with Crippen LogP contribution in [0.4, 0.5) is 5.69 Å². The van der Waals surface area contributed by atoms with Crippen LogP contribution in [-0.4, -0.2) is 20.2 Å². The molecule has 1 aliphatic carbocycles. The predicted octanol–water partition coefficient (Wildman–Crippen LogP) is 2.88. The van der Waals surface area contributed by atoms with Crippen LogP contribution in [-0.2, 0) is 4.79 Å². The number of para-hydroxylation sites is 1. The number of isocyanates is 1. The zero-order valence-corrected chi connectivity index (χ0v) is 11.2. The van der Waals surface area contributed by atoms with Gasteiger partial charge < -0.3 is 4.90 Å². The van der Waals surface area contributed by atoms with E-state index < -0.39 is 0 Å². The number of aliphatic imine (C=N–C) groups is 1. The molecule has 1 aliphatic rings. The fourth-order valence-electron chi connectivity index (χ4n) is 2.15. The smallest absolute Gasteiger partial charge is 0.240 e. The van der Waals surface area contributed by atoms with Gasteiger partial charge in [-0.3, -0.25) is 0 Å². The Labute approximate surface area is 113 Å². The van der Waals surface area contributed by atoms with Crippen molar-refractivity contribution in [3.05, 3.63) is 41.1 Å². The Hall–Kier alpha value is -2.30. The van der Waals surface area contributed by atoms with Crippen molar-refractivity contribution in [2.24, 2.45) is 4.99 Å². The minimum Gasteiger partial charge on any atom is -0.377 e. The average Bonchev–Trinajstić information content (AvgIpc) is 2.84. The van der Waals surface area contributed by atoms with E-state index in [9.17, 15) is 4.79 Å². The molecule has 0 aromatic heterocycles. The molecule has 0 saturated carbocycles. The number of nitrogens with zero attached hydrogens (tertiary/aromatic N) is 2. The van der Waals surface area contributed by atoms with Crippen molar-refractivity contribution in [3.8, 4) is 11.8 Å². The van der Waals surface area contributed by atoms with Gasteiger partial charge in [0.05, 0.1) is 11.4 Å². The van der Waals surface area contributed by atoms with Gasteiger partial charge in [-0.15, -0.1) is 0 Å². The summed E-state index contributed by atoms with van der Waals surface area (Å²) in [6.07, 6.45) is 4.35. The van der Waals surface area contributed by atoms with Crippen molar-refractivity contribution in [2.45, 2.75) is 19.3 Å². The largest absolute Gasteiger partial charge is 0.377 e. The Kier molecular flexibility index (Phi) is 4.18. The van der Waals surface area contributed by atoms with Crippen molar-refractivity contribution in [1.29, 1.82) is 0 Å². The molecule has 2 rings (SSSR count). The fraction of sp³-hybridized carbons (Fsp3) is 0.312. The van der Waals surface area contributed by atoms with Crippen LogP contribution < -0.4 is 4.90 Å². The normalized spacial score (nSPS) is 13.6. The van der Waals surface area contributed by atoms with E-state index in [1.807, 2.05) is 43.3 Å². The minimum atomic E-state index is 0.796. The molecule has 0 N–H and O–H groups in total. The third-order valence-electron chi connectivity index (χ3n) is 3.10. The van der Waals surface area contributed by atoms with Crippen LogP contribution in [0.5, 0.6) is 0 Å². The van der Waals surface area contributed by atoms with Crippen molar-refractivity contribution >= 4 is 11.8 Å². The highest BCUT2D eigenvalue weighted by atomic mass is 16.1. The lowest BCUT2D eigenvalue weighted by Gasteiger charge is -2.13. The van der Waals surface area contributed by atoms with Crippen LogP contribution in [0.2, 0.25) is 0 Å². The number of anilines is 1. The Bertz CT molecular complexity index is 611. The van der Waals surface area contributed by atoms with Crippen molar-refractivity contribution in [2.75, 3.05) is 19.0 Å². The molecular formula is C16H16N2O. The number of carbonyl (C=O) groups excluding carboxylic acids is 1. The van der Waals surface area contributed by atoms with E-state index in [0.29, 0.717) is 0 Å². The second-order valence-electron chi connectivity index (χ2n) is 4.64. The van der Waals surface area contributed by atoms with E-state index in [1.165, 1.54) is 0 Å². The lowest BCUT2D eigenvalue weighted by Crippen LogP contribution is -2.10. The molecule has 96 valence electrons. The van der Waals surface area contributed by atoms with Crippen LogP contribution in [0.1, 0.15) is 24.8 Å². The number of rotatable bonds is 2. The third kappa shape index (κ3) is 3.13. The average molecular weight is 252 g/mol. The Balaban J connectivity index is 2.35. The van der Waals surface area contributed by atoms with E-state index in [-0.39, 0.29) is 0 Å². The highest BCUT2D eigenvalue weighted by Crippen LogP contribution is 2.26. The summed E-state index contributed by atoms with van der Waals surface area (Å²) in [7, 11) is 3.99. The van der Waals surface area contributed by atoms with E-state index in [4.69, 9.17) is 0 Å². The van der Waals surface area contributed by atoms with Gasteiger partial charge in [-0.2, -0.15) is 4.99 Å². The van der Waals surface area contributed by atoms with Gasteiger partial charge in [0.25, 0.3) is 0 Å². The molecule has 1 aromatic carbocycles. The molecular weight excluding hydrogens is 236 g/mol. The zero-order valence-electron chi connectivity index (χ0n) is 11.2. The second kappa shape index (κ2) is 6.04. The van der Waals surface area contributed by atoms with E-state index in [1.54, 1.807) is 6.08 Å². The minimum absolute atomic E-state index is 0.796. The quantitative estimate of drug-likeness (QED) is 0.460. The van der Waals surface area contributed by atoms with E-state index >= 15 is 0 Å². The molecule has 0 spiro atoms. The number of hydrogen-bond donors (Lipinski definition) is 0. The lowest BCUT2D eigenvalue weighted by atomic mass is 10.1. The van der Waals surface area contributed by atoms with Crippen molar-refractivity contribution in [1.82, 2.24) is 0 Å². The second-order valence-corrected chi connectivity index (χ2v) is 4.64. The molecule has 19 heavy (non-hydrogen) atoms. The number of benzene rings is 1. The Morgan fingerprint density at radius 1 is 1.16 bits per heavy atom. The molecule has 3 heteroatoms. The highest BCUT2D eigenvalue weighted by molar-refractivity contribution is 5.61. The number of hydrogen-bond acceptors (Lipinski definition) is 3. The summed E-state index contributed by atoms with van der Waals surface area (Å²) >= 11 is 0. The summed E-state index contributed by atoms with van der Waals surface area (Å²) in [6, 6.07) is 8.01. The van der Waals surface area contributed by atoms with Gasteiger partial charge in [0.15, 0.2) is 0 Å². The van der Waals surface area contributed by atoms with Gasteiger partial charge in [-0.25, -0.2) is 4.79 Å². The molecule has 0 atom stereocenters. The van der Waals surface area contributed by atoms with Crippen LogP contribution in [0, 0.1) is 11.8 Å². The molecule has 3 nitrogen and oxygen atoms in total. The summed E-state index contributed by atoms with van der Waals surface area (Å²) in [4.78, 5) is 16.1. The first-order chi connectivity index (χ1) is 9.22. The first-order valence-electron chi connectivity index (χ1n) is 6.30. The maximum atomic E-state index is 10.3. The molecule has 0 saturated heterocycles. The first-order valence-corrected chi connectivity index (χ1v) is 6.30. The summed E-state index contributed by atoms with van der Waals surface area (Å²) in [5, 5.41) is 0.